The average Bonchev–Trinajstić information content (AvgIpc) is 2.50. The lowest BCUT2D eigenvalue weighted by molar-refractivity contribution is -0.128. The van der Waals surface area contributed by atoms with Gasteiger partial charge in [0.2, 0.25) is 0 Å². The van der Waals surface area contributed by atoms with Crippen molar-refractivity contribution in [3.05, 3.63) is 47.6 Å². The smallest absolute Gasteiger partial charge is 0.268 e. The predicted molar refractivity (Wildman–Crippen MR) is 93.4 cm³/mol. The highest BCUT2D eigenvalue weighted by molar-refractivity contribution is 6.30. The van der Waals surface area contributed by atoms with Crippen molar-refractivity contribution in [2.24, 2.45) is 0 Å². The molecular weight excluding hydrogens is 314 g/mol. The second-order valence-electron chi connectivity index (χ2n) is 5.82. The van der Waals surface area contributed by atoms with E-state index < -0.39 is 5.60 Å². The summed E-state index contributed by atoms with van der Waals surface area (Å²) in [4.78, 5) is 18.6. The standard InChI is InChI=1S/C17H20ClN3O2/c1-17(2,23-14-8-5-12(18)6-9-14)16(22)20-13-7-10-15(19-11-13)21(3)4/h5-11H,1-4H3,(H,20,22). The van der Waals surface area contributed by atoms with Gasteiger partial charge in [0.25, 0.3) is 5.91 Å². The quantitative estimate of drug-likeness (QED) is 0.908. The Labute approximate surface area is 141 Å². The van der Waals surface area contributed by atoms with Gasteiger partial charge in [-0.2, -0.15) is 0 Å². The Morgan fingerprint density at radius 1 is 1.17 bits per heavy atom. The molecule has 23 heavy (non-hydrogen) atoms. The molecule has 0 spiro atoms. The van der Waals surface area contributed by atoms with Crippen LogP contribution in [0, 0.1) is 0 Å². The van der Waals surface area contributed by atoms with Crippen LogP contribution in [-0.2, 0) is 4.79 Å². The number of halogens is 1. The first-order valence-corrected chi connectivity index (χ1v) is 7.55. The molecule has 6 heteroatoms. The molecule has 0 saturated heterocycles. The van der Waals surface area contributed by atoms with Crippen molar-refractivity contribution in [2.75, 3.05) is 24.3 Å². The predicted octanol–water partition coefficient (Wildman–Crippen LogP) is 3.60. The van der Waals surface area contributed by atoms with Gasteiger partial charge in [0.05, 0.1) is 11.9 Å². The summed E-state index contributed by atoms with van der Waals surface area (Å²) in [5.74, 6) is 1.14. The van der Waals surface area contributed by atoms with Gasteiger partial charge in [-0.3, -0.25) is 4.79 Å². The number of nitrogens with one attached hydrogen (secondary N) is 1. The normalized spacial score (nSPS) is 11.0. The highest BCUT2D eigenvalue weighted by Gasteiger charge is 2.30. The number of amides is 1. The fourth-order valence-electron chi connectivity index (χ4n) is 1.85. The molecule has 1 aromatic heterocycles. The van der Waals surface area contributed by atoms with E-state index in [-0.39, 0.29) is 5.91 Å². The Bertz CT molecular complexity index is 667. The molecule has 0 bridgehead atoms. The Morgan fingerprint density at radius 2 is 1.83 bits per heavy atom. The number of carbonyl (C=O) groups is 1. The van der Waals surface area contributed by atoms with Crippen LogP contribution in [0.5, 0.6) is 5.75 Å². The van der Waals surface area contributed by atoms with E-state index >= 15 is 0 Å². The van der Waals surface area contributed by atoms with Gasteiger partial charge in [-0.05, 0) is 50.2 Å². The third kappa shape index (κ3) is 4.60. The summed E-state index contributed by atoms with van der Waals surface area (Å²) in [7, 11) is 3.81. The Morgan fingerprint density at radius 3 is 2.35 bits per heavy atom. The van der Waals surface area contributed by atoms with Gasteiger partial charge in [-0.15, -0.1) is 0 Å². The number of ether oxygens (including phenoxy) is 1. The van der Waals surface area contributed by atoms with Gasteiger partial charge in [0.1, 0.15) is 11.6 Å². The number of rotatable bonds is 5. The zero-order chi connectivity index (χ0) is 17.0. The number of anilines is 2. The molecule has 1 amide bonds. The molecule has 0 aliphatic carbocycles. The van der Waals surface area contributed by atoms with E-state index in [1.54, 1.807) is 50.4 Å². The molecule has 0 radical (unpaired) electrons. The highest BCUT2D eigenvalue weighted by atomic mass is 35.5. The summed E-state index contributed by atoms with van der Waals surface area (Å²) in [6.07, 6.45) is 1.62. The lowest BCUT2D eigenvalue weighted by Gasteiger charge is -2.25. The molecule has 0 unspecified atom stereocenters. The van der Waals surface area contributed by atoms with Crippen molar-refractivity contribution in [3.8, 4) is 5.75 Å². The van der Waals surface area contributed by atoms with E-state index in [2.05, 4.69) is 10.3 Å². The summed E-state index contributed by atoms with van der Waals surface area (Å²) >= 11 is 5.84. The summed E-state index contributed by atoms with van der Waals surface area (Å²) in [6, 6.07) is 10.5. The zero-order valence-electron chi connectivity index (χ0n) is 13.6. The maximum atomic E-state index is 12.4. The van der Waals surface area contributed by atoms with Crippen LogP contribution < -0.4 is 15.0 Å². The Hall–Kier alpha value is -2.27. The number of aromatic nitrogens is 1. The van der Waals surface area contributed by atoms with Gasteiger partial charge in [-0.1, -0.05) is 11.6 Å². The third-order valence-corrected chi connectivity index (χ3v) is 3.45. The highest BCUT2D eigenvalue weighted by Crippen LogP contribution is 2.22. The number of pyridine rings is 1. The van der Waals surface area contributed by atoms with E-state index in [9.17, 15) is 4.79 Å². The van der Waals surface area contributed by atoms with Crippen LogP contribution >= 0.6 is 11.6 Å². The first kappa shape index (κ1) is 17.1. The van der Waals surface area contributed by atoms with E-state index in [0.29, 0.717) is 16.5 Å². The van der Waals surface area contributed by atoms with Crippen molar-refractivity contribution >= 4 is 29.0 Å². The second-order valence-corrected chi connectivity index (χ2v) is 6.26. The minimum Gasteiger partial charge on any atom is -0.478 e. The van der Waals surface area contributed by atoms with Crippen LogP contribution in [0.2, 0.25) is 5.02 Å². The number of nitrogens with zero attached hydrogens (tertiary/aromatic N) is 2. The second kappa shape index (κ2) is 6.87. The fourth-order valence-corrected chi connectivity index (χ4v) is 1.98. The van der Waals surface area contributed by atoms with Crippen LogP contribution in [0.25, 0.3) is 0 Å². The molecular formula is C17H20ClN3O2. The van der Waals surface area contributed by atoms with E-state index in [1.807, 2.05) is 25.1 Å². The molecule has 1 aromatic carbocycles. The maximum Gasteiger partial charge on any atom is 0.268 e. The molecule has 2 aromatic rings. The molecule has 1 heterocycles. The van der Waals surface area contributed by atoms with Crippen molar-refractivity contribution in [3.63, 3.8) is 0 Å². The van der Waals surface area contributed by atoms with Gasteiger partial charge >= 0.3 is 0 Å². The molecule has 1 N–H and O–H groups in total. The molecule has 0 aliphatic heterocycles. The average molecular weight is 334 g/mol. The summed E-state index contributed by atoms with van der Waals surface area (Å²) < 4.78 is 5.75. The minimum atomic E-state index is -1.03. The van der Waals surface area contributed by atoms with Crippen molar-refractivity contribution in [1.82, 2.24) is 4.98 Å². The summed E-state index contributed by atoms with van der Waals surface area (Å²) in [5.41, 5.74) is -0.415. The van der Waals surface area contributed by atoms with E-state index in [1.165, 1.54) is 0 Å². The van der Waals surface area contributed by atoms with Crippen LogP contribution in [-0.4, -0.2) is 30.6 Å². The molecule has 0 saturated carbocycles. The summed E-state index contributed by atoms with van der Waals surface area (Å²) in [5, 5.41) is 3.43. The van der Waals surface area contributed by atoms with E-state index in [4.69, 9.17) is 16.3 Å². The van der Waals surface area contributed by atoms with Gasteiger partial charge in [-0.25, -0.2) is 4.98 Å². The first-order chi connectivity index (χ1) is 10.8. The lowest BCUT2D eigenvalue weighted by Crippen LogP contribution is -2.42. The van der Waals surface area contributed by atoms with Crippen LogP contribution in [0.4, 0.5) is 11.5 Å². The Balaban J connectivity index is 2.04. The third-order valence-electron chi connectivity index (χ3n) is 3.20. The molecule has 122 valence electrons. The van der Waals surface area contributed by atoms with Gasteiger partial charge < -0.3 is 15.0 Å². The maximum absolute atomic E-state index is 12.4. The molecule has 5 nitrogen and oxygen atoms in total. The van der Waals surface area contributed by atoms with E-state index in [0.717, 1.165) is 5.82 Å². The number of hydrogen-bond acceptors (Lipinski definition) is 4. The first-order valence-electron chi connectivity index (χ1n) is 7.17. The van der Waals surface area contributed by atoms with Crippen LogP contribution in [0.15, 0.2) is 42.6 Å². The van der Waals surface area contributed by atoms with Gasteiger partial charge in [0.15, 0.2) is 5.60 Å². The van der Waals surface area contributed by atoms with Crippen LogP contribution in [0.1, 0.15) is 13.8 Å². The van der Waals surface area contributed by atoms with Crippen molar-refractivity contribution in [1.29, 1.82) is 0 Å². The minimum absolute atomic E-state index is 0.258. The summed E-state index contributed by atoms with van der Waals surface area (Å²) in [6.45, 7) is 3.41. The Kier molecular flexibility index (Phi) is 5.11. The largest absolute Gasteiger partial charge is 0.478 e. The number of benzene rings is 1. The fraction of sp³-hybridized carbons (Fsp3) is 0.294. The lowest BCUT2D eigenvalue weighted by atomic mass is 10.1. The van der Waals surface area contributed by atoms with Gasteiger partial charge in [0, 0.05) is 19.1 Å². The molecule has 0 atom stereocenters. The van der Waals surface area contributed by atoms with Crippen molar-refractivity contribution < 1.29 is 9.53 Å². The monoisotopic (exact) mass is 333 g/mol. The molecule has 0 aliphatic rings. The number of hydrogen-bond donors (Lipinski definition) is 1. The topological polar surface area (TPSA) is 54.5 Å². The SMILES string of the molecule is CN(C)c1ccc(NC(=O)C(C)(C)Oc2ccc(Cl)cc2)cn1. The number of carbonyl (C=O) groups excluding carboxylic acids is 1. The van der Waals surface area contributed by atoms with Crippen molar-refractivity contribution in [2.45, 2.75) is 19.4 Å². The molecule has 2 rings (SSSR count). The van der Waals surface area contributed by atoms with Crippen LogP contribution in [0.3, 0.4) is 0 Å². The molecule has 0 fully saturated rings. The zero-order valence-corrected chi connectivity index (χ0v) is 14.4.